The molecule has 5 rings (SSSR count). The minimum absolute atomic E-state index is 0. The van der Waals surface area contributed by atoms with Crippen molar-refractivity contribution in [3.63, 3.8) is 0 Å². The quantitative estimate of drug-likeness (QED) is 0.235. The van der Waals surface area contributed by atoms with Crippen LogP contribution in [0.25, 0.3) is 39.3 Å². The molecule has 1 unspecified atom stereocenters. The van der Waals surface area contributed by atoms with Crippen LogP contribution in [0.5, 0.6) is 0 Å². The molecule has 10 nitrogen and oxygen atoms in total. The molecule has 0 radical (unpaired) electrons. The van der Waals surface area contributed by atoms with Gasteiger partial charge < -0.3 is 25.3 Å². The molecule has 8 bridgehead atoms. The topological polar surface area (TPSA) is 166 Å². The smallest absolute Gasteiger partial charge is 0.657 e. The maximum absolute atomic E-state index is 12.7. The van der Waals surface area contributed by atoms with Crippen LogP contribution in [0, 0.1) is 13.8 Å². The van der Waals surface area contributed by atoms with Gasteiger partial charge in [-0.05, 0) is 55.9 Å². The summed E-state index contributed by atoms with van der Waals surface area (Å²) in [6.07, 6.45) is 1.90. The molecule has 5 heterocycles. The Balaban J connectivity index is 0.00000461. The fraction of sp³-hybridized carbons (Fsp3) is 0.324. The summed E-state index contributed by atoms with van der Waals surface area (Å²) in [5.74, 6) is -4.21. The van der Waals surface area contributed by atoms with E-state index in [1.165, 1.54) is 0 Å². The number of allylic oxidation sites excluding steroid dienone is 2. The molecule has 0 saturated carbocycles. The van der Waals surface area contributed by atoms with Gasteiger partial charge in [-0.1, -0.05) is 55.8 Å². The monoisotopic (exact) mass is 658 g/mol. The number of carboxylic acids is 3. The molecule has 3 N–H and O–H groups in total. The van der Waals surface area contributed by atoms with Crippen LogP contribution in [0.15, 0.2) is 24.8 Å². The summed E-state index contributed by atoms with van der Waals surface area (Å²) >= 11 is 0. The van der Waals surface area contributed by atoms with Crippen molar-refractivity contribution in [1.82, 2.24) is 19.9 Å². The van der Waals surface area contributed by atoms with Gasteiger partial charge in [-0.3, -0.25) is 14.6 Å². The molecule has 2 atom stereocenters. The first kappa shape index (κ1) is 33.5. The molecule has 0 aliphatic carbocycles. The van der Waals surface area contributed by atoms with E-state index < -0.39 is 30.2 Å². The fourth-order valence-electron chi connectivity index (χ4n) is 6.37. The molecule has 228 valence electrons. The number of rotatable bonds is 8. The molecule has 0 amide bonds. The molecule has 0 spiro atoms. The van der Waals surface area contributed by atoms with Crippen molar-refractivity contribution in [3.05, 3.63) is 75.4 Å². The molecule has 11 heteroatoms. The summed E-state index contributed by atoms with van der Waals surface area (Å²) in [4.78, 5) is 56.0. The predicted molar refractivity (Wildman–Crippen MR) is 168 cm³/mol. The predicted octanol–water partition coefficient (Wildman–Crippen LogP) is 6.25. The second kappa shape index (κ2) is 12.9. The van der Waals surface area contributed by atoms with E-state index >= 15 is 0 Å². The molecule has 0 aromatic carbocycles. The first-order chi connectivity index (χ1) is 20.9. The molecule has 2 aliphatic rings. The number of nitrogens with zero attached hydrogens (tertiary/aromatic N) is 4. The van der Waals surface area contributed by atoms with Crippen LogP contribution >= 0.6 is 0 Å². The van der Waals surface area contributed by atoms with Gasteiger partial charge in [0.1, 0.15) is 0 Å². The largest absolute Gasteiger partial charge is 2.00 e. The molecular weight excluding hydrogens is 626 g/mol. The number of carbonyl (C=O) groups is 3. The van der Waals surface area contributed by atoms with E-state index in [1.54, 1.807) is 19.1 Å². The van der Waals surface area contributed by atoms with Gasteiger partial charge in [0.2, 0.25) is 0 Å². The minimum Gasteiger partial charge on any atom is -0.657 e. The zero-order valence-corrected chi connectivity index (χ0v) is 29.0. The van der Waals surface area contributed by atoms with E-state index in [4.69, 9.17) is 19.9 Å². The Hall–Kier alpha value is -4.37. The Labute approximate surface area is 273 Å². The van der Waals surface area contributed by atoms with Crippen LogP contribution in [0.2, 0.25) is 0 Å². The zero-order chi connectivity index (χ0) is 32.0. The van der Waals surface area contributed by atoms with Gasteiger partial charge in [-0.2, -0.15) is 0 Å². The first-order valence-corrected chi connectivity index (χ1v) is 14.5. The Morgan fingerprint density at radius 1 is 0.933 bits per heavy atom. The summed E-state index contributed by atoms with van der Waals surface area (Å²) in [6, 6.07) is 5.50. The number of hydrogen-bond acceptors (Lipinski definition) is 5. The van der Waals surface area contributed by atoms with Gasteiger partial charge in [0.05, 0.1) is 17.8 Å². The average molecular weight is 660 g/mol. The van der Waals surface area contributed by atoms with E-state index in [1.807, 2.05) is 39.8 Å². The van der Waals surface area contributed by atoms with Gasteiger partial charge >= 0.3 is 37.4 Å². The molecular formula is C34H34N4O6Zn. The molecule has 2 aliphatic heterocycles. The maximum atomic E-state index is 12.7. The van der Waals surface area contributed by atoms with Gasteiger partial charge in [0.15, 0.2) is 0 Å². The van der Waals surface area contributed by atoms with Crippen LogP contribution in [-0.4, -0.2) is 43.2 Å². The maximum Gasteiger partial charge on any atom is 2.00 e. The number of hydrogen-bond donors (Lipinski definition) is 3. The van der Waals surface area contributed by atoms with Gasteiger partial charge in [0.25, 0.3) is 0 Å². The van der Waals surface area contributed by atoms with Crippen LogP contribution in [0.3, 0.4) is 0 Å². The third-order valence-electron chi connectivity index (χ3n) is 8.79. The number of fused-ring (bicyclic) bond motifs is 8. The second-order valence-electron chi connectivity index (χ2n) is 11.3. The molecule has 45 heavy (non-hydrogen) atoms. The summed E-state index contributed by atoms with van der Waals surface area (Å²) in [5, 5.41) is 29.8. The Morgan fingerprint density at radius 3 is 2.20 bits per heavy atom. The third-order valence-corrected chi connectivity index (χ3v) is 8.79. The van der Waals surface area contributed by atoms with Crippen LogP contribution in [0.1, 0.15) is 107 Å². The van der Waals surface area contributed by atoms with Crippen molar-refractivity contribution < 1.29 is 49.2 Å². The summed E-state index contributed by atoms with van der Waals surface area (Å²) in [5.41, 5.74) is 8.16. The summed E-state index contributed by atoms with van der Waals surface area (Å²) < 4.78 is 0. The third kappa shape index (κ3) is 6.01. The van der Waals surface area contributed by atoms with Crippen molar-refractivity contribution in [2.75, 3.05) is 0 Å². The summed E-state index contributed by atoms with van der Waals surface area (Å²) in [7, 11) is 0. The Morgan fingerprint density at radius 2 is 1.60 bits per heavy atom. The molecule has 0 saturated heterocycles. The molecule has 0 fully saturated rings. The van der Waals surface area contributed by atoms with Crippen LogP contribution in [0.4, 0.5) is 0 Å². The Kier molecular flexibility index (Phi) is 9.63. The van der Waals surface area contributed by atoms with Gasteiger partial charge in [0, 0.05) is 35.2 Å². The van der Waals surface area contributed by atoms with Gasteiger partial charge in [-0.15, -0.1) is 22.1 Å². The number of aromatic carboxylic acids is 1. The molecule has 3 aromatic rings. The normalized spacial score (nSPS) is 15.9. The number of aliphatic carboxylic acids is 2. The molecule has 3 aromatic heterocycles. The van der Waals surface area contributed by atoms with Gasteiger partial charge in [-0.25, -0.2) is 9.78 Å². The average Bonchev–Trinajstić information content (AvgIpc) is 3.63. The SMILES string of the molecule is C=Cc1c(C)c2cc3nc(c(CC(=O)O)c4[n-]c(cc5nc(cc1[n-]2)C(C)=C5CC)c(C)c4C(=O)O)C(CCC(=O)O)[C@@H]3C.[Zn+2]. The first-order valence-electron chi connectivity index (χ1n) is 14.5. The van der Waals surface area contributed by atoms with Crippen LogP contribution in [-0.2, 0) is 35.5 Å². The zero-order valence-electron chi connectivity index (χ0n) is 26.1. The number of aromatic nitrogens is 4. The fourth-order valence-corrected chi connectivity index (χ4v) is 6.37. The Bertz CT molecular complexity index is 1950. The van der Waals surface area contributed by atoms with E-state index in [0.717, 1.165) is 28.0 Å². The number of carboxylic acid groups (broad SMARTS) is 3. The second-order valence-corrected chi connectivity index (χ2v) is 11.3. The van der Waals surface area contributed by atoms with Crippen molar-refractivity contribution >= 4 is 57.2 Å². The van der Waals surface area contributed by atoms with E-state index in [-0.39, 0.29) is 54.9 Å². The standard InChI is InChI=1S/C34H36N4O6.Zn/c1-7-19-15(3)23-12-25-17(5)21(9-10-29(39)40)32(37-25)22(11-30(41)42)33-31(34(43)44)18(6)26(38-33)14-28-20(8-2)16(4)24(36-28)13-27(19)35-23;/h7,12-14,17,21H,1,8-11H2,2-6H3,(H5,35,36,37,38,39,40,41,42,43,44);/q;+2/p-2/t17-,21?;/m0./s1. The van der Waals surface area contributed by atoms with Crippen molar-refractivity contribution in [2.24, 2.45) is 0 Å². The van der Waals surface area contributed by atoms with Crippen molar-refractivity contribution in [1.29, 1.82) is 0 Å². The van der Waals surface area contributed by atoms with Crippen molar-refractivity contribution in [3.8, 4) is 0 Å². The van der Waals surface area contributed by atoms with Crippen molar-refractivity contribution in [2.45, 2.75) is 72.1 Å². The van der Waals surface area contributed by atoms with E-state index in [0.29, 0.717) is 45.6 Å². The van der Waals surface area contributed by atoms with Crippen LogP contribution < -0.4 is 9.97 Å². The minimum atomic E-state index is -1.24. The number of aryl methyl sites for hydroxylation is 2. The summed E-state index contributed by atoms with van der Waals surface area (Å²) in [6.45, 7) is 13.5. The van der Waals surface area contributed by atoms with E-state index in [2.05, 4.69) is 6.58 Å². The van der Waals surface area contributed by atoms with E-state index in [9.17, 15) is 29.7 Å².